The van der Waals surface area contributed by atoms with Crippen LogP contribution in [0.3, 0.4) is 0 Å². The van der Waals surface area contributed by atoms with Gasteiger partial charge in [0.2, 0.25) is 0 Å². The summed E-state index contributed by atoms with van der Waals surface area (Å²) in [4.78, 5) is 37.0. The summed E-state index contributed by atoms with van der Waals surface area (Å²) in [5, 5.41) is 7.67. The van der Waals surface area contributed by atoms with Crippen LogP contribution in [0.1, 0.15) is 6.42 Å². The lowest BCUT2D eigenvalue weighted by atomic mass is 10.1. The van der Waals surface area contributed by atoms with Crippen molar-refractivity contribution in [1.82, 2.24) is 5.32 Å². The standard InChI is InChI=1S/C19H21N3O4/c1-26-18(24)11-16-19(25)20-9-10-22(16)12-17(23)21-15-8-4-6-13-5-2-3-7-14(13)15/h2-8,16H,9-12H2,1H3,(H,20,25)(H,21,23)/p+1/t16-/m1/s1. The van der Waals surface area contributed by atoms with Gasteiger partial charge in [-0.1, -0.05) is 36.4 Å². The van der Waals surface area contributed by atoms with Crippen LogP contribution in [0.4, 0.5) is 5.69 Å². The highest BCUT2D eigenvalue weighted by Gasteiger charge is 2.36. The molecule has 0 aromatic heterocycles. The fourth-order valence-electron chi connectivity index (χ4n) is 3.26. The highest BCUT2D eigenvalue weighted by Crippen LogP contribution is 2.22. The highest BCUT2D eigenvalue weighted by molar-refractivity contribution is 6.02. The van der Waals surface area contributed by atoms with Gasteiger partial charge in [0.05, 0.1) is 20.2 Å². The van der Waals surface area contributed by atoms with E-state index in [1.54, 1.807) is 0 Å². The van der Waals surface area contributed by atoms with Crippen molar-refractivity contribution < 1.29 is 24.0 Å². The number of benzene rings is 2. The molecule has 3 N–H and O–H groups in total. The molecular weight excluding hydrogens is 334 g/mol. The number of methoxy groups -OCH3 is 1. The number of anilines is 1. The molecule has 2 atom stereocenters. The van der Waals surface area contributed by atoms with E-state index in [1.165, 1.54) is 7.11 Å². The highest BCUT2D eigenvalue weighted by atomic mass is 16.5. The molecular formula is C19H22N3O4+. The molecule has 26 heavy (non-hydrogen) atoms. The van der Waals surface area contributed by atoms with Gasteiger partial charge in [-0.25, -0.2) is 0 Å². The van der Waals surface area contributed by atoms with Crippen LogP contribution in [0.2, 0.25) is 0 Å². The molecule has 136 valence electrons. The number of nitrogens with one attached hydrogen (secondary N) is 3. The van der Waals surface area contributed by atoms with Crippen molar-refractivity contribution in [2.45, 2.75) is 12.5 Å². The van der Waals surface area contributed by atoms with Gasteiger partial charge in [-0.3, -0.25) is 14.4 Å². The van der Waals surface area contributed by atoms with Gasteiger partial charge in [-0.05, 0) is 11.5 Å². The molecule has 0 radical (unpaired) electrons. The Kier molecular flexibility index (Phi) is 5.48. The van der Waals surface area contributed by atoms with Crippen molar-refractivity contribution >= 4 is 34.2 Å². The van der Waals surface area contributed by atoms with E-state index in [0.717, 1.165) is 21.4 Å². The summed E-state index contributed by atoms with van der Waals surface area (Å²) in [5.41, 5.74) is 0.735. The number of carbonyl (C=O) groups is 3. The third-order valence-corrected chi connectivity index (χ3v) is 4.60. The maximum atomic E-state index is 12.6. The number of ether oxygens (including phenoxy) is 1. The maximum Gasteiger partial charge on any atom is 0.312 e. The fourth-order valence-corrected chi connectivity index (χ4v) is 3.26. The lowest BCUT2D eigenvalue weighted by molar-refractivity contribution is -0.909. The Hall–Kier alpha value is -2.93. The minimum absolute atomic E-state index is 0.0424. The van der Waals surface area contributed by atoms with Crippen LogP contribution in [-0.4, -0.2) is 50.6 Å². The number of piperazine rings is 1. The molecule has 7 nitrogen and oxygen atoms in total. The molecule has 0 saturated carbocycles. The minimum Gasteiger partial charge on any atom is -0.469 e. The van der Waals surface area contributed by atoms with E-state index in [2.05, 4.69) is 15.4 Å². The Labute approximate surface area is 151 Å². The zero-order valence-electron chi connectivity index (χ0n) is 14.6. The molecule has 0 spiro atoms. The molecule has 2 aromatic rings. The summed E-state index contributed by atoms with van der Waals surface area (Å²) in [7, 11) is 1.29. The van der Waals surface area contributed by atoms with E-state index >= 15 is 0 Å². The number of quaternary nitrogens is 1. The Bertz CT molecular complexity index is 831. The topological polar surface area (TPSA) is 88.9 Å². The number of hydrogen-bond donors (Lipinski definition) is 3. The lowest BCUT2D eigenvalue weighted by Gasteiger charge is -2.30. The second-order valence-corrected chi connectivity index (χ2v) is 6.28. The molecule has 7 heteroatoms. The third-order valence-electron chi connectivity index (χ3n) is 4.60. The van der Waals surface area contributed by atoms with Gasteiger partial charge < -0.3 is 20.3 Å². The number of rotatable bonds is 5. The molecule has 1 fully saturated rings. The van der Waals surface area contributed by atoms with Gasteiger partial charge in [0, 0.05) is 11.1 Å². The van der Waals surface area contributed by atoms with E-state index in [4.69, 9.17) is 0 Å². The lowest BCUT2D eigenvalue weighted by Crippen LogP contribution is -3.20. The summed E-state index contributed by atoms with van der Waals surface area (Å²) >= 11 is 0. The van der Waals surface area contributed by atoms with Crippen LogP contribution < -0.4 is 15.5 Å². The summed E-state index contributed by atoms with van der Waals surface area (Å²) in [5.74, 6) is -0.880. The predicted molar refractivity (Wildman–Crippen MR) is 96.7 cm³/mol. The summed E-state index contributed by atoms with van der Waals surface area (Å²) in [6.07, 6.45) is -0.0424. The number of hydrogen-bond acceptors (Lipinski definition) is 4. The number of amides is 2. The smallest absolute Gasteiger partial charge is 0.312 e. The quantitative estimate of drug-likeness (QED) is 0.643. The molecule has 1 aliphatic rings. The van der Waals surface area contributed by atoms with E-state index < -0.39 is 12.0 Å². The number of fused-ring (bicyclic) bond motifs is 1. The first kappa shape index (κ1) is 17.9. The van der Waals surface area contributed by atoms with Crippen LogP contribution in [0.5, 0.6) is 0 Å². The zero-order chi connectivity index (χ0) is 18.5. The number of esters is 1. The Morgan fingerprint density at radius 2 is 2.00 bits per heavy atom. The molecule has 1 unspecified atom stereocenters. The molecule has 1 saturated heterocycles. The van der Waals surface area contributed by atoms with Crippen molar-refractivity contribution in [3.63, 3.8) is 0 Å². The maximum absolute atomic E-state index is 12.6. The van der Waals surface area contributed by atoms with Crippen molar-refractivity contribution in [2.24, 2.45) is 0 Å². The first-order valence-electron chi connectivity index (χ1n) is 8.55. The Balaban J connectivity index is 1.71. The van der Waals surface area contributed by atoms with Crippen molar-refractivity contribution in [2.75, 3.05) is 32.1 Å². The Morgan fingerprint density at radius 1 is 1.23 bits per heavy atom. The van der Waals surface area contributed by atoms with Crippen LogP contribution in [0.15, 0.2) is 42.5 Å². The molecule has 2 aromatic carbocycles. The summed E-state index contributed by atoms with van der Waals surface area (Å²) < 4.78 is 4.67. The second-order valence-electron chi connectivity index (χ2n) is 6.28. The second kappa shape index (κ2) is 7.97. The van der Waals surface area contributed by atoms with Gasteiger partial charge in [0.15, 0.2) is 12.6 Å². The Morgan fingerprint density at radius 3 is 2.81 bits per heavy atom. The van der Waals surface area contributed by atoms with Gasteiger partial charge >= 0.3 is 5.97 Å². The molecule has 1 heterocycles. The van der Waals surface area contributed by atoms with Crippen molar-refractivity contribution in [1.29, 1.82) is 0 Å². The van der Waals surface area contributed by atoms with Crippen LogP contribution in [0.25, 0.3) is 10.8 Å². The first-order valence-corrected chi connectivity index (χ1v) is 8.55. The molecule has 1 aliphatic heterocycles. The minimum atomic E-state index is -0.616. The van der Waals surface area contributed by atoms with Gasteiger partial charge in [0.25, 0.3) is 11.8 Å². The molecule has 0 aliphatic carbocycles. The van der Waals surface area contributed by atoms with Gasteiger partial charge in [-0.15, -0.1) is 0 Å². The van der Waals surface area contributed by atoms with Crippen LogP contribution in [0, 0.1) is 0 Å². The first-order chi connectivity index (χ1) is 12.6. The third kappa shape index (κ3) is 4.00. The van der Waals surface area contributed by atoms with Gasteiger partial charge in [-0.2, -0.15) is 0 Å². The largest absolute Gasteiger partial charge is 0.469 e. The SMILES string of the molecule is COC(=O)C[C@@H]1C(=O)NCC[NH+]1CC(=O)Nc1cccc2ccccc12. The summed E-state index contributed by atoms with van der Waals surface area (Å²) in [6, 6.07) is 12.9. The molecule has 2 amide bonds. The number of carbonyl (C=O) groups excluding carboxylic acids is 3. The van der Waals surface area contributed by atoms with Crippen molar-refractivity contribution in [3.8, 4) is 0 Å². The summed E-state index contributed by atoms with van der Waals surface area (Å²) in [6.45, 7) is 1.17. The van der Waals surface area contributed by atoms with Crippen LogP contribution in [-0.2, 0) is 19.1 Å². The van der Waals surface area contributed by atoms with Crippen molar-refractivity contribution in [3.05, 3.63) is 42.5 Å². The molecule has 3 rings (SSSR count). The predicted octanol–water partition coefficient (Wildman–Crippen LogP) is -0.275. The van der Waals surface area contributed by atoms with Crippen LogP contribution >= 0.6 is 0 Å². The fraction of sp³-hybridized carbons (Fsp3) is 0.316. The van der Waals surface area contributed by atoms with E-state index in [-0.39, 0.29) is 24.8 Å². The average molecular weight is 356 g/mol. The normalized spacial score (nSPS) is 19.7. The molecule has 0 bridgehead atoms. The van der Waals surface area contributed by atoms with E-state index in [1.807, 2.05) is 42.5 Å². The average Bonchev–Trinajstić information content (AvgIpc) is 2.64. The zero-order valence-corrected chi connectivity index (χ0v) is 14.6. The van der Waals surface area contributed by atoms with E-state index in [0.29, 0.717) is 13.1 Å². The monoisotopic (exact) mass is 356 g/mol. The van der Waals surface area contributed by atoms with E-state index in [9.17, 15) is 14.4 Å². The van der Waals surface area contributed by atoms with Gasteiger partial charge in [0.1, 0.15) is 6.42 Å².